The third-order valence-electron chi connectivity index (χ3n) is 3.17. The fourth-order valence-electron chi connectivity index (χ4n) is 2.13. The summed E-state index contributed by atoms with van der Waals surface area (Å²) >= 11 is 0. The highest BCUT2D eigenvalue weighted by atomic mass is 19.4. The lowest BCUT2D eigenvalue weighted by atomic mass is 10.1. The lowest BCUT2D eigenvalue weighted by molar-refractivity contribution is -0.142. The van der Waals surface area contributed by atoms with Crippen LogP contribution < -0.4 is 5.32 Å². The summed E-state index contributed by atoms with van der Waals surface area (Å²) in [4.78, 5) is 7.95. The molecule has 2 heterocycles. The van der Waals surface area contributed by atoms with Crippen molar-refractivity contribution in [3.8, 4) is 0 Å². The van der Waals surface area contributed by atoms with E-state index in [4.69, 9.17) is 0 Å². The SMILES string of the molecule is FC(F)(F)c1nc(CC2CC2)nc2c1CNC2. The van der Waals surface area contributed by atoms with Crippen molar-refractivity contribution in [2.45, 2.75) is 38.5 Å². The molecule has 0 aromatic carbocycles. The van der Waals surface area contributed by atoms with Crippen LogP contribution in [0.25, 0.3) is 0 Å². The van der Waals surface area contributed by atoms with Crippen LogP contribution in [0.1, 0.15) is 35.6 Å². The fraction of sp³-hybridized carbons (Fsp3) is 0.636. The molecule has 1 aliphatic carbocycles. The third-order valence-corrected chi connectivity index (χ3v) is 3.17. The van der Waals surface area contributed by atoms with E-state index in [1.807, 2.05) is 0 Å². The van der Waals surface area contributed by atoms with Crippen molar-refractivity contribution in [3.63, 3.8) is 0 Å². The Kier molecular flexibility index (Phi) is 2.36. The van der Waals surface area contributed by atoms with Crippen molar-refractivity contribution in [1.82, 2.24) is 15.3 Å². The van der Waals surface area contributed by atoms with E-state index in [1.165, 1.54) is 0 Å². The van der Waals surface area contributed by atoms with Gasteiger partial charge in [0.05, 0.1) is 5.69 Å². The van der Waals surface area contributed by atoms with Crippen LogP contribution in [0.4, 0.5) is 13.2 Å². The molecule has 17 heavy (non-hydrogen) atoms. The number of rotatable bonds is 2. The van der Waals surface area contributed by atoms with Crippen LogP contribution in [-0.4, -0.2) is 9.97 Å². The monoisotopic (exact) mass is 243 g/mol. The molecule has 1 aliphatic heterocycles. The summed E-state index contributed by atoms with van der Waals surface area (Å²) in [6, 6.07) is 0. The Morgan fingerprint density at radius 1 is 1.18 bits per heavy atom. The van der Waals surface area contributed by atoms with Crippen molar-refractivity contribution in [2.24, 2.45) is 5.92 Å². The smallest absolute Gasteiger partial charge is 0.307 e. The predicted molar refractivity (Wildman–Crippen MR) is 54.0 cm³/mol. The molecule has 3 nitrogen and oxygen atoms in total. The molecule has 1 aromatic heterocycles. The predicted octanol–water partition coefficient (Wildman–Crippen LogP) is 2.05. The molecule has 1 saturated carbocycles. The number of hydrogen-bond acceptors (Lipinski definition) is 3. The van der Waals surface area contributed by atoms with Crippen molar-refractivity contribution >= 4 is 0 Å². The van der Waals surface area contributed by atoms with Crippen LogP contribution >= 0.6 is 0 Å². The van der Waals surface area contributed by atoms with Gasteiger partial charge in [-0.25, -0.2) is 9.97 Å². The molecule has 1 fully saturated rings. The zero-order valence-corrected chi connectivity index (χ0v) is 9.14. The zero-order chi connectivity index (χ0) is 12.0. The van der Waals surface area contributed by atoms with Gasteiger partial charge in [-0.3, -0.25) is 0 Å². The first-order valence-electron chi connectivity index (χ1n) is 5.70. The quantitative estimate of drug-likeness (QED) is 0.863. The Bertz CT molecular complexity index is 452. The van der Waals surface area contributed by atoms with Crippen LogP contribution in [0.15, 0.2) is 0 Å². The molecule has 3 rings (SSSR count). The second-order valence-corrected chi connectivity index (χ2v) is 4.66. The number of hydrogen-bond donors (Lipinski definition) is 1. The number of alkyl halides is 3. The van der Waals surface area contributed by atoms with Gasteiger partial charge in [-0.2, -0.15) is 13.2 Å². The van der Waals surface area contributed by atoms with Gasteiger partial charge in [0.25, 0.3) is 0 Å². The van der Waals surface area contributed by atoms with Gasteiger partial charge in [-0.15, -0.1) is 0 Å². The molecule has 0 unspecified atom stereocenters. The fourth-order valence-corrected chi connectivity index (χ4v) is 2.13. The number of aromatic nitrogens is 2. The van der Waals surface area contributed by atoms with Gasteiger partial charge in [0.1, 0.15) is 5.82 Å². The summed E-state index contributed by atoms with van der Waals surface area (Å²) in [5, 5.41) is 2.89. The number of halogens is 3. The normalized spacial score (nSPS) is 19.5. The molecule has 0 spiro atoms. The van der Waals surface area contributed by atoms with Gasteiger partial charge >= 0.3 is 6.18 Å². The van der Waals surface area contributed by atoms with E-state index in [0.717, 1.165) is 12.8 Å². The highest BCUT2D eigenvalue weighted by Crippen LogP contribution is 2.35. The van der Waals surface area contributed by atoms with E-state index in [0.29, 0.717) is 30.4 Å². The number of nitrogens with one attached hydrogen (secondary N) is 1. The topological polar surface area (TPSA) is 37.8 Å². The summed E-state index contributed by atoms with van der Waals surface area (Å²) in [7, 11) is 0. The van der Waals surface area contributed by atoms with Crippen LogP contribution in [0, 0.1) is 5.92 Å². The maximum absolute atomic E-state index is 12.9. The lowest BCUT2D eigenvalue weighted by Crippen LogP contribution is -2.16. The third kappa shape index (κ3) is 2.13. The first-order valence-corrected chi connectivity index (χ1v) is 5.70. The van der Waals surface area contributed by atoms with Gasteiger partial charge in [-0.05, 0) is 18.8 Å². The van der Waals surface area contributed by atoms with Gasteiger partial charge < -0.3 is 5.32 Å². The van der Waals surface area contributed by atoms with Gasteiger partial charge in [0.15, 0.2) is 5.69 Å². The molecule has 0 bridgehead atoms. The molecule has 92 valence electrons. The van der Waals surface area contributed by atoms with Crippen molar-refractivity contribution in [1.29, 1.82) is 0 Å². The molecular formula is C11H12F3N3. The Hall–Kier alpha value is -1.17. The van der Waals surface area contributed by atoms with Crippen LogP contribution in [-0.2, 0) is 25.7 Å². The minimum absolute atomic E-state index is 0.216. The summed E-state index contributed by atoms with van der Waals surface area (Å²) in [6.45, 7) is 0.631. The van der Waals surface area contributed by atoms with E-state index in [9.17, 15) is 13.2 Å². The van der Waals surface area contributed by atoms with Crippen LogP contribution in [0.3, 0.4) is 0 Å². The van der Waals surface area contributed by atoms with E-state index in [2.05, 4.69) is 15.3 Å². The summed E-state index contributed by atoms with van der Waals surface area (Å²) in [5.74, 6) is 0.839. The Morgan fingerprint density at radius 2 is 1.94 bits per heavy atom. The highest BCUT2D eigenvalue weighted by molar-refractivity contribution is 5.31. The van der Waals surface area contributed by atoms with Crippen molar-refractivity contribution in [3.05, 3.63) is 22.8 Å². The van der Waals surface area contributed by atoms with E-state index < -0.39 is 11.9 Å². The zero-order valence-electron chi connectivity index (χ0n) is 9.14. The summed E-state index contributed by atoms with van der Waals surface area (Å²) in [6.07, 6.45) is -1.63. The Morgan fingerprint density at radius 3 is 2.59 bits per heavy atom. The molecule has 1 N–H and O–H groups in total. The molecule has 0 atom stereocenters. The number of nitrogens with zero attached hydrogens (tertiary/aromatic N) is 2. The average Bonchev–Trinajstić information content (AvgIpc) is 2.92. The molecular weight excluding hydrogens is 231 g/mol. The number of fused-ring (bicyclic) bond motifs is 1. The molecule has 0 amide bonds. The average molecular weight is 243 g/mol. The Balaban J connectivity index is 2.02. The second kappa shape index (κ2) is 3.66. The maximum Gasteiger partial charge on any atom is 0.433 e. The van der Waals surface area contributed by atoms with E-state index in [1.54, 1.807) is 0 Å². The van der Waals surface area contributed by atoms with Gasteiger partial charge in [0, 0.05) is 25.1 Å². The summed E-state index contributed by atoms with van der Waals surface area (Å²) in [5.41, 5.74) is -0.0110. The first-order chi connectivity index (χ1) is 8.04. The largest absolute Gasteiger partial charge is 0.433 e. The standard InChI is InChI=1S/C11H12F3N3/c12-11(13,14)10-7-4-15-5-8(7)16-9(17-10)3-6-1-2-6/h6,15H,1-5H2. The van der Waals surface area contributed by atoms with Crippen molar-refractivity contribution < 1.29 is 13.2 Å². The van der Waals surface area contributed by atoms with Gasteiger partial charge in [0.2, 0.25) is 0 Å². The molecule has 6 heteroatoms. The summed E-state index contributed by atoms with van der Waals surface area (Å²) < 4.78 is 38.6. The molecule has 0 radical (unpaired) electrons. The second-order valence-electron chi connectivity index (χ2n) is 4.66. The Labute approximate surface area is 96.5 Å². The van der Waals surface area contributed by atoms with Gasteiger partial charge in [-0.1, -0.05) is 0 Å². The maximum atomic E-state index is 12.9. The van der Waals surface area contributed by atoms with Crippen LogP contribution in [0.2, 0.25) is 0 Å². The van der Waals surface area contributed by atoms with Crippen LogP contribution in [0.5, 0.6) is 0 Å². The van der Waals surface area contributed by atoms with Crippen molar-refractivity contribution in [2.75, 3.05) is 0 Å². The molecule has 0 saturated heterocycles. The lowest BCUT2D eigenvalue weighted by Gasteiger charge is -2.11. The van der Waals surface area contributed by atoms with E-state index in [-0.39, 0.29) is 12.1 Å². The highest BCUT2D eigenvalue weighted by Gasteiger charge is 2.38. The first kappa shape index (κ1) is 11.0. The molecule has 2 aliphatic rings. The minimum Gasteiger partial charge on any atom is -0.307 e. The van der Waals surface area contributed by atoms with E-state index >= 15 is 0 Å². The minimum atomic E-state index is -4.38. The molecule has 1 aromatic rings.